The Morgan fingerprint density at radius 2 is 2.24 bits per heavy atom. The van der Waals surface area contributed by atoms with E-state index >= 15 is 0 Å². The summed E-state index contributed by atoms with van der Waals surface area (Å²) in [7, 11) is 0. The van der Waals surface area contributed by atoms with E-state index in [-0.39, 0.29) is 5.56 Å². The Labute approximate surface area is 134 Å². The largest absolute Gasteiger partial charge is 0.478 e. The Morgan fingerprint density at radius 1 is 1.38 bits per heavy atom. The summed E-state index contributed by atoms with van der Waals surface area (Å²) in [5.41, 5.74) is 0.281. The van der Waals surface area contributed by atoms with E-state index in [4.69, 9.17) is 5.11 Å². The van der Waals surface area contributed by atoms with Gasteiger partial charge in [0.2, 0.25) is 0 Å². The topological polar surface area (TPSA) is 68.0 Å². The first-order valence-electron chi connectivity index (χ1n) is 6.72. The van der Waals surface area contributed by atoms with Crippen LogP contribution in [0, 0.1) is 0 Å². The molecule has 1 aliphatic heterocycles. The second kappa shape index (κ2) is 6.19. The predicted octanol–water partition coefficient (Wildman–Crippen LogP) is 3.37. The van der Waals surface area contributed by atoms with Crippen LogP contribution in [0.3, 0.4) is 0 Å². The van der Waals surface area contributed by atoms with Gasteiger partial charge in [0.1, 0.15) is 11.6 Å². The minimum Gasteiger partial charge on any atom is -0.478 e. The molecule has 0 saturated heterocycles. The van der Waals surface area contributed by atoms with E-state index in [1.807, 2.05) is 6.07 Å². The average molecular weight is 368 g/mol. The SMILES string of the molecule is O=C(O)c1cc(SCc2nnc3n2CCCC3)ccc1Br. The summed E-state index contributed by atoms with van der Waals surface area (Å²) < 4.78 is 2.78. The summed E-state index contributed by atoms with van der Waals surface area (Å²) in [5.74, 6) is 1.81. The summed E-state index contributed by atoms with van der Waals surface area (Å²) in [5, 5.41) is 17.6. The summed E-state index contributed by atoms with van der Waals surface area (Å²) >= 11 is 4.84. The fraction of sp³-hybridized carbons (Fsp3) is 0.357. The lowest BCUT2D eigenvalue weighted by molar-refractivity contribution is 0.0695. The minimum absolute atomic E-state index is 0.281. The van der Waals surface area contributed by atoms with Gasteiger partial charge in [0.05, 0.1) is 11.3 Å². The first-order chi connectivity index (χ1) is 10.1. The maximum atomic E-state index is 11.1. The van der Waals surface area contributed by atoms with Gasteiger partial charge in [0.15, 0.2) is 0 Å². The molecule has 0 amide bonds. The van der Waals surface area contributed by atoms with Crippen LogP contribution < -0.4 is 0 Å². The quantitative estimate of drug-likeness (QED) is 0.839. The molecule has 1 N–H and O–H groups in total. The molecule has 21 heavy (non-hydrogen) atoms. The van der Waals surface area contributed by atoms with Gasteiger partial charge in [0.25, 0.3) is 0 Å². The van der Waals surface area contributed by atoms with E-state index in [9.17, 15) is 4.79 Å². The van der Waals surface area contributed by atoms with E-state index in [0.29, 0.717) is 10.2 Å². The third-order valence-corrected chi connectivity index (χ3v) is 5.15. The highest BCUT2D eigenvalue weighted by atomic mass is 79.9. The molecule has 1 aliphatic rings. The number of fused-ring (bicyclic) bond motifs is 1. The van der Waals surface area contributed by atoms with Crippen molar-refractivity contribution in [2.45, 2.75) is 36.5 Å². The lowest BCUT2D eigenvalue weighted by atomic mass is 10.2. The Balaban J connectivity index is 1.75. The van der Waals surface area contributed by atoms with Crippen molar-refractivity contribution < 1.29 is 9.90 Å². The van der Waals surface area contributed by atoms with Crippen molar-refractivity contribution >= 4 is 33.7 Å². The van der Waals surface area contributed by atoms with Gasteiger partial charge in [0, 0.05) is 22.3 Å². The number of aryl methyl sites for hydroxylation is 1. The Bertz CT molecular complexity index is 687. The van der Waals surface area contributed by atoms with E-state index in [1.54, 1.807) is 23.9 Å². The number of hydrogen-bond acceptors (Lipinski definition) is 4. The van der Waals surface area contributed by atoms with Crippen LogP contribution >= 0.6 is 27.7 Å². The number of carbonyl (C=O) groups is 1. The molecule has 0 unspecified atom stereocenters. The standard InChI is InChI=1S/C14H14BrN3O2S/c15-11-5-4-9(7-10(11)14(19)20)21-8-13-17-16-12-3-1-2-6-18(12)13/h4-5,7H,1-3,6,8H2,(H,19,20). The molecule has 2 heterocycles. The first-order valence-corrected chi connectivity index (χ1v) is 8.49. The zero-order valence-electron chi connectivity index (χ0n) is 11.3. The van der Waals surface area contributed by atoms with Crippen LogP contribution in [0.25, 0.3) is 0 Å². The number of carboxylic acids is 1. The van der Waals surface area contributed by atoms with Crippen molar-refractivity contribution in [2.75, 3.05) is 0 Å². The molecular formula is C14H14BrN3O2S. The smallest absolute Gasteiger partial charge is 0.336 e. The summed E-state index contributed by atoms with van der Waals surface area (Å²) in [4.78, 5) is 12.1. The number of carboxylic acid groups (broad SMARTS) is 1. The molecule has 0 saturated carbocycles. The van der Waals surface area contributed by atoms with Crippen LogP contribution in [0.15, 0.2) is 27.6 Å². The molecule has 110 valence electrons. The van der Waals surface area contributed by atoms with Crippen LogP contribution in [-0.4, -0.2) is 25.8 Å². The number of rotatable bonds is 4. The molecule has 5 nitrogen and oxygen atoms in total. The van der Waals surface area contributed by atoms with Crippen molar-refractivity contribution in [3.8, 4) is 0 Å². The van der Waals surface area contributed by atoms with Crippen molar-refractivity contribution in [1.82, 2.24) is 14.8 Å². The number of aromatic nitrogens is 3. The predicted molar refractivity (Wildman–Crippen MR) is 83.6 cm³/mol. The van der Waals surface area contributed by atoms with Crippen molar-refractivity contribution in [2.24, 2.45) is 0 Å². The maximum absolute atomic E-state index is 11.1. The molecular weight excluding hydrogens is 354 g/mol. The van der Waals surface area contributed by atoms with Crippen LogP contribution in [-0.2, 0) is 18.7 Å². The third-order valence-electron chi connectivity index (χ3n) is 3.47. The number of hydrogen-bond donors (Lipinski definition) is 1. The number of benzene rings is 1. The van der Waals surface area contributed by atoms with Gasteiger partial charge in [-0.25, -0.2) is 4.79 Å². The van der Waals surface area contributed by atoms with Crippen molar-refractivity contribution in [3.05, 3.63) is 39.9 Å². The highest BCUT2D eigenvalue weighted by Crippen LogP contribution is 2.28. The summed E-state index contributed by atoms with van der Waals surface area (Å²) in [6.07, 6.45) is 3.35. The van der Waals surface area contributed by atoms with Gasteiger partial charge in [-0.15, -0.1) is 22.0 Å². The number of halogens is 1. The van der Waals surface area contributed by atoms with E-state index in [1.165, 1.54) is 12.8 Å². The molecule has 0 radical (unpaired) electrons. The number of aromatic carboxylic acids is 1. The monoisotopic (exact) mass is 367 g/mol. The first kappa shape index (κ1) is 14.6. The Morgan fingerprint density at radius 3 is 3.05 bits per heavy atom. The average Bonchev–Trinajstić information content (AvgIpc) is 2.89. The van der Waals surface area contributed by atoms with Gasteiger partial charge in [-0.1, -0.05) is 0 Å². The maximum Gasteiger partial charge on any atom is 0.336 e. The van der Waals surface area contributed by atoms with Crippen molar-refractivity contribution in [1.29, 1.82) is 0 Å². The minimum atomic E-state index is -0.927. The van der Waals surface area contributed by atoms with E-state index in [2.05, 4.69) is 30.7 Å². The number of thioether (sulfide) groups is 1. The van der Waals surface area contributed by atoms with E-state index < -0.39 is 5.97 Å². The summed E-state index contributed by atoms with van der Waals surface area (Å²) in [6, 6.07) is 5.37. The highest BCUT2D eigenvalue weighted by molar-refractivity contribution is 9.10. The Kier molecular flexibility index (Phi) is 4.30. The van der Waals surface area contributed by atoms with Gasteiger partial charge in [-0.2, -0.15) is 0 Å². The molecule has 0 fully saturated rings. The van der Waals surface area contributed by atoms with Crippen LogP contribution in [0.2, 0.25) is 0 Å². The van der Waals surface area contributed by atoms with Gasteiger partial charge in [-0.05, 0) is 47.0 Å². The molecule has 2 aromatic rings. The summed E-state index contributed by atoms with van der Waals surface area (Å²) in [6.45, 7) is 0.985. The fourth-order valence-electron chi connectivity index (χ4n) is 2.38. The molecule has 7 heteroatoms. The molecule has 3 rings (SSSR count). The zero-order valence-corrected chi connectivity index (χ0v) is 13.7. The van der Waals surface area contributed by atoms with Gasteiger partial charge < -0.3 is 9.67 Å². The lowest BCUT2D eigenvalue weighted by Gasteiger charge is -2.14. The molecule has 0 bridgehead atoms. The normalized spacial score (nSPS) is 14.0. The van der Waals surface area contributed by atoms with Gasteiger partial charge in [-0.3, -0.25) is 0 Å². The molecule has 0 atom stereocenters. The van der Waals surface area contributed by atoms with Gasteiger partial charge >= 0.3 is 5.97 Å². The lowest BCUT2D eigenvalue weighted by Crippen LogP contribution is -2.12. The fourth-order valence-corrected chi connectivity index (χ4v) is 3.67. The zero-order chi connectivity index (χ0) is 14.8. The second-order valence-corrected chi connectivity index (χ2v) is 6.78. The van der Waals surface area contributed by atoms with Crippen LogP contribution in [0.4, 0.5) is 0 Å². The second-order valence-electron chi connectivity index (χ2n) is 4.88. The molecule has 1 aromatic heterocycles. The molecule has 1 aromatic carbocycles. The van der Waals surface area contributed by atoms with Crippen LogP contribution in [0.1, 0.15) is 34.8 Å². The highest BCUT2D eigenvalue weighted by Gasteiger charge is 2.16. The van der Waals surface area contributed by atoms with E-state index in [0.717, 1.165) is 29.5 Å². The molecule has 0 spiro atoms. The number of nitrogens with zero attached hydrogens (tertiary/aromatic N) is 3. The Hall–Kier alpha value is -1.34. The van der Waals surface area contributed by atoms with Crippen molar-refractivity contribution in [3.63, 3.8) is 0 Å². The van der Waals surface area contributed by atoms with Crippen LogP contribution in [0.5, 0.6) is 0 Å². The molecule has 0 aliphatic carbocycles. The third kappa shape index (κ3) is 3.13.